The van der Waals surface area contributed by atoms with E-state index in [9.17, 15) is 9.59 Å². The third-order valence-corrected chi connectivity index (χ3v) is 4.07. The number of hydrazine groups is 1. The molecule has 0 amide bonds. The van der Waals surface area contributed by atoms with Crippen molar-refractivity contribution in [3.8, 4) is 0 Å². The molecule has 2 aliphatic rings. The van der Waals surface area contributed by atoms with Gasteiger partial charge in [-0.25, -0.2) is 10.0 Å². The zero-order valence-corrected chi connectivity index (χ0v) is 10.6. The number of rotatable bonds is 4. The molecule has 2 aliphatic heterocycles. The maximum Gasteiger partial charge on any atom is 0.138 e. The minimum atomic E-state index is 0.0772. The number of hydrogen-bond acceptors (Lipinski definition) is 4. The van der Waals surface area contributed by atoms with Crippen LogP contribution in [0.5, 0.6) is 0 Å². The summed E-state index contributed by atoms with van der Waals surface area (Å²) < 4.78 is 0. The predicted molar refractivity (Wildman–Crippen MR) is 65.4 cm³/mol. The number of hydrogen-bond donors (Lipinski definition) is 0. The molecule has 96 valence electrons. The largest absolute Gasteiger partial charge is 0.302 e. The van der Waals surface area contributed by atoms with Gasteiger partial charge in [-0.1, -0.05) is 6.92 Å². The second-order valence-corrected chi connectivity index (χ2v) is 5.06. The van der Waals surface area contributed by atoms with Crippen LogP contribution in [0.4, 0.5) is 0 Å². The van der Waals surface area contributed by atoms with Gasteiger partial charge in [0.05, 0.1) is 6.04 Å². The Kier molecular flexibility index (Phi) is 4.29. The van der Waals surface area contributed by atoms with Crippen LogP contribution >= 0.6 is 0 Å². The molecule has 0 saturated carbocycles. The lowest BCUT2D eigenvalue weighted by Gasteiger charge is -2.39. The maximum atomic E-state index is 11.6. The van der Waals surface area contributed by atoms with Crippen molar-refractivity contribution in [2.24, 2.45) is 5.92 Å². The predicted octanol–water partition coefficient (Wildman–Crippen LogP) is 1.26. The average molecular weight is 238 g/mol. The van der Waals surface area contributed by atoms with Crippen molar-refractivity contribution in [1.82, 2.24) is 10.0 Å². The minimum Gasteiger partial charge on any atom is -0.302 e. The number of carbonyl (C=O) groups excluding carboxylic acids is 2. The quantitative estimate of drug-likeness (QED) is 0.691. The van der Waals surface area contributed by atoms with Crippen LogP contribution in [0, 0.1) is 5.92 Å². The van der Waals surface area contributed by atoms with Crippen molar-refractivity contribution in [1.29, 1.82) is 0 Å². The van der Waals surface area contributed by atoms with E-state index in [4.69, 9.17) is 0 Å². The molecule has 4 nitrogen and oxygen atoms in total. The molecular weight excluding hydrogens is 216 g/mol. The first-order valence-corrected chi connectivity index (χ1v) is 6.75. The molecule has 2 fully saturated rings. The smallest absolute Gasteiger partial charge is 0.138 e. The highest BCUT2D eigenvalue weighted by Gasteiger charge is 2.32. The van der Waals surface area contributed by atoms with Crippen molar-refractivity contribution in [2.45, 2.75) is 45.1 Å². The molecule has 4 heteroatoms. The molecule has 2 rings (SSSR count). The molecule has 0 aliphatic carbocycles. The molecule has 0 unspecified atom stereocenters. The average Bonchev–Trinajstić information content (AvgIpc) is 2.86. The summed E-state index contributed by atoms with van der Waals surface area (Å²) in [6.45, 7) is 4.80. The molecule has 2 heterocycles. The van der Waals surface area contributed by atoms with Gasteiger partial charge >= 0.3 is 0 Å². The molecule has 0 aromatic heterocycles. The molecule has 0 radical (unpaired) electrons. The Morgan fingerprint density at radius 1 is 1.24 bits per heavy atom. The Bertz CT molecular complexity index is 285. The third kappa shape index (κ3) is 2.75. The van der Waals surface area contributed by atoms with Gasteiger partial charge in [0.1, 0.15) is 12.1 Å². The summed E-state index contributed by atoms with van der Waals surface area (Å²) in [4.78, 5) is 22.6. The summed E-state index contributed by atoms with van der Waals surface area (Å²) in [6, 6.07) is 0.0772. The Morgan fingerprint density at radius 2 is 1.94 bits per heavy atom. The lowest BCUT2D eigenvalue weighted by atomic mass is 9.92. The highest BCUT2D eigenvalue weighted by Crippen LogP contribution is 2.25. The van der Waals surface area contributed by atoms with E-state index < -0.39 is 0 Å². The van der Waals surface area contributed by atoms with Crippen LogP contribution < -0.4 is 0 Å². The van der Waals surface area contributed by atoms with Crippen LogP contribution in [-0.2, 0) is 9.59 Å². The molecular formula is C13H22N2O2. The maximum absolute atomic E-state index is 11.6. The SMILES string of the molecule is CCC(=O)C1CCN(N2CCC[C@H]2C=O)CC1. The van der Waals surface area contributed by atoms with Gasteiger partial charge in [0.25, 0.3) is 0 Å². The normalized spacial score (nSPS) is 28.4. The summed E-state index contributed by atoms with van der Waals surface area (Å²) in [5, 5.41) is 4.49. The van der Waals surface area contributed by atoms with E-state index in [-0.39, 0.29) is 12.0 Å². The van der Waals surface area contributed by atoms with Crippen LogP contribution in [0.3, 0.4) is 0 Å². The van der Waals surface area contributed by atoms with Gasteiger partial charge in [-0.15, -0.1) is 0 Å². The topological polar surface area (TPSA) is 40.6 Å². The summed E-state index contributed by atoms with van der Waals surface area (Å²) >= 11 is 0. The van der Waals surface area contributed by atoms with E-state index >= 15 is 0 Å². The summed E-state index contributed by atoms with van der Waals surface area (Å²) in [7, 11) is 0. The fourth-order valence-electron chi connectivity index (χ4n) is 3.00. The molecule has 0 spiro atoms. The second kappa shape index (κ2) is 5.74. The van der Waals surface area contributed by atoms with Crippen LogP contribution in [0.2, 0.25) is 0 Å². The number of carbonyl (C=O) groups is 2. The van der Waals surface area contributed by atoms with E-state index in [1.807, 2.05) is 6.92 Å². The van der Waals surface area contributed by atoms with Crippen molar-refractivity contribution in [2.75, 3.05) is 19.6 Å². The highest BCUT2D eigenvalue weighted by atomic mass is 16.1. The fraction of sp³-hybridized carbons (Fsp3) is 0.846. The Balaban J connectivity index is 1.86. The number of nitrogens with zero attached hydrogens (tertiary/aromatic N) is 2. The van der Waals surface area contributed by atoms with Crippen molar-refractivity contribution < 1.29 is 9.59 Å². The van der Waals surface area contributed by atoms with Gasteiger partial charge in [-0.2, -0.15) is 0 Å². The fourth-order valence-corrected chi connectivity index (χ4v) is 3.00. The number of Topliss-reactive ketones (excluding diaryl/α,β-unsaturated/α-hetero) is 1. The van der Waals surface area contributed by atoms with E-state index in [0.29, 0.717) is 12.2 Å². The number of piperidine rings is 1. The van der Waals surface area contributed by atoms with Crippen molar-refractivity contribution in [3.05, 3.63) is 0 Å². The van der Waals surface area contributed by atoms with Gasteiger partial charge in [0, 0.05) is 32.0 Å². The molecule has 1 atom stereocenters. The Hall–Kier alpha value is -0.740. The molecule has 17 heavy (non-hydrogen) atoms. The zero-order chi connectivity index (χ0) is 12.3. The van der Waals surface area contributed by atoms with Crippen LogP contribution in [-0.4, -0.2) is 47.8 Å². The van der Waals surface area contributed by atoms with Gasteiger partial charge in [0.2, 0.25) is 0 Å². The highest BCUT2D eigenvalue weighted by molar-refractivity contribution is 5.80. The molecule has 0 N–H and O–H groups in total. The lowest BCUT2D eigenvalue weighted by Crippen LogP contribution is -2.50. The first-order chi connectivity index (χ1) is 8.26. The van der Waals surface area contributed by atoms with E-state index in [0.717, 1.165) is 51.6 Å². The van der Waals surface area contributed by atoms with Crippen molar-refractivity contribution >= 4 is 12.1 Å². The molecule has 2 saturated heterocycles. The number of aldehydes is 1. The van der Waals surface area contributed by atoms with Gasteiger partial charge in [-0.3, -0.25) is 4.79 Å². The first kappa shape index (κ1) is 12.7. The van der Waals surface area contributed by atoms with E-state index in [1.54, 1.807) is 0 Å². The van der Waals surface area contributed by atoms with Crippen LogP contribution in [0.25, 0.3) is 0 Å². The Morgan fingerprint density at radius 3 is 2.53 bits per heavy atom. The standard InChI is InChI=1S/C13H22N2O2/c1-2-13(17)11-5-8-14(9-6-11)15-7-3-4-12(15)10-16/h10-12H,2-9H2,1H3/t12-/m0/s1. The summed E-state index contributed by atoms with van der Waals surface area (Å²) in [5.74, 6) is 0.659. The third-order valence-electron chi connectivity index (χ3n) is 4.07. The van der Waals surface area contributed by atoms with E-state index in [2.05, 4.69) is 10.0 Å². The van der Waals surface area contributed by atoms with Crippen LogP contribution in [0.1, 0.15) is 39.0 Å². The van der Waals surface area contributed by atoms with Gasteiger partial charge in [-0.05, 0) is 25.7 Å². The van der Waals surface area contributed by atoms with Crippen molar-refractivity contribution in [3.63, 3.8) is 0 Å². The zero-order valence-electron chi connectivity index (χ0n) is 10.6. The molecule has 0 aromatic rings. The van der Waals surface area contributed by atoms with Gasteiger partial charge in [0.15, 0.2) is 0 Å². The lowest BCUT2D eigenvalue weighted by molar-refractivity contribution is -0.130. The molecule has 0 bridgehead atoms. The van der Waals surface area contributed by atoms with Gasteiger partial charge < -0.3 is 4.79 Å². The van der Waals surface area contributed by atoms with Crippen LogP contribution in [0.15, 0.2) is 0 Å². The van der Waals surface area contributed by atoms with E-state index in [1.165, 1.54) is 0 Å². The second-order valence-electron chi connectivity index (χ2n) is 5.06. The molecule has 0 aromatic carbocycles. The Labute approximate surface area is 103 Å². The monoisotopic (exact) mass is 238 g/mol. The first-order valence-electron chi connectivity index (χ1n) is 6.75. The minimum absolute atomic E-state index is 0.0772. The summed E-state index contributed by atoms with van der Waals surface area (Å²) in [5.41, 5.74) is 0. The number of ketones is 1. The summed E-state index contributed by atoms with van der Waals surface area (Å²) in [6.07, 6.45) is 5.72.